The first kappa shape index (κ1) is 32.9. The molecule has 2 fully saturated rings. The summed E-state index contributed by atoms with van der Waals surface area (Å²) >= 11 is 0. The first-order valence-electron chi connectivity index (χ1n) is 13.7. The summed E-state index contributed by atoms with van der Waals surface area (Å²) in [4.78, 5) is 41.6. The third-order valence-corrected chi connectivity index (χ3v) is 7.19. The number of aromatic hydroxyl groups is 2. The third-order valence-electron chi connectivity index (χ3n) is 7.19. The molecule has 41 heavy (non-hydrogen) atoms. The highest BCUT2D eigenvalue weighted by molar-refractivity contribution is 5.95. The molecule has 0 bridgehead atoms. The van der Waals surface area contributed by atoms with E-state index < -0.39 is 38.7 Å². The molecule has 0 heterocycles. The first-order valence-corrected chi connectivity index (χ1v) is 13.7. The quantitative estimate of drug-likeness (QED) is 0.216. The molecule has 1 amide bonds. The molecule has 6 N–H and O–H groups in total. The summed E-state index contributed by atoms with van der Waals surface area (Å²) in [7, 11) is 0. The molecule has 2 aromatic carbocycles. The van der Waals surface area contributed by atoms with Gasteiger partial charge in [0.1, 0.15) is 0 Å². The normalized spacial score (nSPS) is 15.3. The summed E-state index contributed by atoms with van der Waals surface area (Å²) in [5, 5.41) is 50.6. The molecule has 0 radical (unpaired) electrons. The monoisotopic (exact) mass is 574 g/mol. The number of phenols is 2. The van der Waals surface area contributed by atoms with E-state index in [1.165, 1.54) is 57.4 Å². The van der Waals surface area contributed by atoms with Crippen molar-refractivity contribution in [1.82, 2.24) is 5.32 Å². The molecule has 2 aliphatic carbocycles. The van der Waals surface area contributed by atoms with Crippen molar-refractivity contribution in [3.8, 4) is 11.5 Å². The Morgan fingerprint density at radius 2 is 1.22 bits per heavy atom. The number of nitro groups is 2. The zero-order valence-electron chi connectivity index (χ0n) is 22.9. The van der Waals surface area contributed by atoms with Crippen molar-refractivity contribution in [2.45, 2.75) is 64.2 Å². The minimum absolute atomic E-state index is 0.192. The summed E-state index contributed by atoms with van der Waals surface area (Å²) in [6.07, 6.45) is 13.0. The van der Waals surface area contributed by atoms with Gasteiger partial charge in [0.25, 0.3) is 5.91 Å². The van der Waals surface area contributed by atoms with Gasteiger partial charge in [-0.2, -0.15) is 0 Å². The number of amides is 1. The van der Waals surface area contributed by atoms with Gasteiger partial charge in [-0.25, -0.2) is 4.79 Å². The number of hydrogen-bond acceptors (Lipinski definition) is 9. The van der Waals surface area contributed by atoms with Gasteiger partial charge in [0.2, 0.25) is 0 Å². The molecule has 13 nitrogen and oxygen atoms in total. The number of carboxylic acid groups (broad SMARTS) is 1. The molecule has 0 spiro atoms. The number of phenolic OH excluding ortho intramolecular Hbond substituents is 2. The van der Waals surface area contributed by atoms with Crippen LogP contribution < -0.4 is 11.1 Å². The SMILES string of the molecule is NCC1CCCCC1.O=C(NCC1CCCCC1)c1ccc([N+](=O)[O-])c(O)c1.O=C(O)c1ccc([N+](=O)[O-])c(O)c1. The predicted octanol–water partition coefficient (Wildman–Crippen LogP) is 5.13. The number of aromatic carboxylic acids is 1. The Hall–Kier alpha value is -4.26. The van der Waals surface area contributed by atoms with E-state index in [9.17, 15) is 34.9 Å². The van der Waals surface area contributed by atoms with Crippen LogP contribution in [0.5, 0.6) is 11.5 Å². The van der Waals surface area contributed by atoms with Crippen LogP contribution in [0.2, 0.25) is 0 Å². The summed E-state index contributed by atoms with van der Waals surface area (Å²) in [6, 6.07) is 6.46. The lowest BCUT2D eigenvalue weighted by molar-refractivity contribution is -0.386. The van der Waals surface area contributed by atoms with E-state index in [2.05, 4.69) is 5.32 Å². The van der Waals surface area contributed by atoms with E-state index in [1.54, 1.807) is 0 Å². The van der Waals surface area contributed by atoms with Crippen LogP contribution in [0, 0.1) is 32.1 Å². The molecule has 4 rings (SSSR count). The Bertz CT molecular complexity index is 1190. The number of carbonyl (C=O) groups excluding carboxylic acids is 1. The highest BCUT2D eigenvalue weighted by Crippen LogP contribution is 2.27. The zero-order chi connectivity index (χ0) is 30.4. The second kappa shape index (κ2) is 16.8. The minimum Gasteiger partial charge on any atom is -0.502 e. The molecule has 224 valence electrons. The molecule has 13 heteroatoms. The lowest BCUT2D eigenvalue weighted by Gasteiger charge is -2.21. The number of nitro benzene ring substituents is 2. The summed E-state index contributed by atoms with van der Waals surface area (Å²) in [6.45, 7) is 1.54. The summed E-state index contributed by atoms with van der Waals surface area (Å²) in [5.74, 6) is -1.31. The Balaban J connectivity index is 0.000000239. The Morgan fingerprint density at radius 1 is 0.780 bits per heavy atom. The van der Waals surface area contributed by atoms with Gasteiger partial charge < -0.3 is 26.4 Å². The molecule has 0 atom stereocenters. The van der Waals surface area contributed by atoms with Gasteiger partial charge in [0.05, 0.1) is 15.4 Å². The summed E-state index contributed by atoms with van der Waals surface area (Å²) < 4.78 is 0. The zero-order valence-corrected chi connectivity index (χ0v) is 22.9. The van der Waals surface area contributed by atoms with Crippen LogP contribution in [0.3, 0.4) is 0 Å². The molecule has 0 unspecified atom stereocenters. The number of nitrogens with one attached hydrogen (secondary N) is 1. The molecule has 2 saturated carbocycles. The van der Waals surface area contributed by atoms with Gasteiger partial charge in [-0.3, -0.25) is 25.0 Å². The standard InChI is InChI=1S/C14H18N2O4.C7H5NO5.C7H15N/c17-13-8-11(6-7-12(13)16(19)20)14(18)15-9-10-4-2-1-3-5-10;9-6-3-4(7(10)11)1-2-5(6)8(12)13;8-6-7-4-2-1-3-5-7/h6-8,10,17H,1-5,9H2,(H,15,18);1-3,9H,(H,10,11);7H,1-6,8H2. The maximum Gasteiger partial charge on any atom is 0.335 e. The van der Waals surface area contributed by atoms with Crippen LogP contribution >= 0.6 is 0 Å². The second-order valence-corrected chi connectivity index (χ2v) is 10.2. The third kappa shape index (κ3) is 11.0. The van der Waals surface area contributed by atoms with Crippen molar-refractivity contribution in [1.29, 1.82) is 0 Å². The lowest BCUT2D eigenvalue weighted by atomic mass is 9.89. The number of hydrogen-bond donors (Lipinski definition) is 5. The molecular formula is C28H38N4O9. The molecule has 2 aliphatic rings. The maximum absolute atomic E-state index is 11.9. The van der Waals surface area contributed by atoms with Crippen molar-refractivity contribution in [2.75, 3.05) is 13.1 Å². The van der Waals surface area contributed by atoms with Gasteiger partial charge in [-0.05, 0) is 62.3 Å². The second-order valence-electron chi connectivity index (χ2n) is 10.2. The van der Waals surface area contributed by atoms with E-state index in [-0.39, 0.29) is 17.0 Å². The number of carboxylic acids is 1. The average Bonchev–Trinajstić information content (AvgIpc) is 2.97. The van der Waals surface area contributed by atoms with Crippen LogP contribution in [0.25, 0.3) is 0 Å². The Labute approximate surface area is 237 Å². The van der Waals surface area contributed by atoms with Crippen molar-refractivity contribution in [3.63, 3.8) is 0 Å². The molecule has 0 aliphatic heterocycles. The smallest absolute Gasteiger partial charge is 0.335 e. The predicted molar refractivity (Wildman–Crippen MR) is 151 cm³/mol. The van der Waals surface area contributed by atoms with Gasteiger partial charge in [-0.15, -0.1) is 0 Å². The topological polar surface area (TPSA) is 219 Å². The number of rotatable bonds is 7. The number of carbonyl (C=O) groups is 2. The number of nitrogens with two attached hydrogens (primary N) is 1. The van der Waals surface area contributed by atoms with Crippen molar-refractivity contribution >= 4 is 23.3 Å². The van der Waals surface area contributed by atoms with E-state index >= 15 is 0 Å². The highest BCUT2D eigenvalue weighted by Gasteiger charge is 2.18. The van der Waals surface area contributed by atoms with Crippen LogP contribution in [0.1, 0.15) is 84.9 Å². The van der Waals surface area contributed by atoms with Crippen LogP contribution in [0.4, 0.5) is 11.4 Å². The van der Waals surface area contributed by atoms with Gasteiger partial charge in [-0.1, -0.05) is 38.5 Å². The van der Waals surface area contributed by atoms with Gasteiger partial charge >= 0.3 is 17.3 Å². The number of benzene rings is 2. The van der Waals surface area contributed by atoms with Crippen molar-refractivity contribution in [2.24, 2.45) is 17.6 Å². The maximum atomic E-state index is 11.9. The van der Waals surface area contributed by atoms with Crippen molar-refractivity contribution < 1.29 is 34.8 Å². The Morgan fingerprint density at radius 3 is 1.61 bits per heavy atom. The first-order chi connectivity index (χ1) is 19.5. The van der Waals surface area contributed by atoms with E-state index in [4.69, 9.17) is 15.9 Å². The molecule has 2 aromatic rings. The fourth-order valence-electron chi connectivity index (χ4n) is 4.78. The Kier molecular flexibility index (Phi) is 13.5. The highest BCUT2D eigenvalue weighted by atomic mass is 16.6. The lowest BCUT2D eigenvalue weighted by Crippen LogP contribution is -2.30. The molecular weight excluding hydrogens is 536 g/mol. The molecule has 0 saturated heterocycles. The van der Waals surface area contributed by atoms with Gasteiger partial charge in [0, 0.05) is 30.3 Å². The van der Waals surface area contributed by atoms with Gasteiger partial charge in [0.15, 0.2) is 11.5 Å². The average molecular weight is 575 g/mol. The van der Waals surface area contributed by atoms with E-state index in [0.29, 0.717) is 12.5 Å². The van der Waals surface area contributed by atoms with E-state index in [0.717, 1.165) is 55.6 Å². The number of nitrogens with zero attached hydrogens (tertiary/aromatic N) is 2. The minimum atomic E-state index is -1.25. The van der Waals surface area contributed by atoms with Crippen LogP contribution in [-0.4, -0.2) is 50.1 Å². The fraction of sp³-hybridized carbons (Fsp3) is 0.500. The largest absolute Gasteiger partial charge is 0.502 e. The van der Waals surface area contributed by atoms with E-state index in [1.807, 2.05) is 0 Å². The summed E-state index contributed by atoms with van der Waals surface area (Å²) in [5.41, 5.74) is 4.65. The van der Waals surface area contributed by atoms with Crippen LogP contribution in [0.15, 0.2) is 36.4 Å². The molecule has 0 aromatic heterocycles. The van der Waals surface area contributed by atoms with Crippen LogP contribution in [-0.2, 0) is 0 Å². The van der Waals surface area contributed by atoms with Crippen molar-refractivity contribution in [3.05, 3.63) is 67.8 Å². The fourth-order valence-corrected chi connectivity index (χ4v) is 4.78.